The first-order valence-electron chi connectivity index (χ1n) is 12.7. The molecule has 5 nitrogen and oxygen atoms in total. The zero-order valence-corrected chi connectivity index (χ0v) is 22.4. The van der Waals surface area contributed by atoms with E-state index in [1.807, 2.05) is 0 Å². The normalized spacial score (nSPS) is 23.2. The molecule has 0 radical (unpaired) electrons. The highest BCUT2D eigenvalue weighted by molar-refractivity contribution is 6.74. The number of carboxylic acid groups (broad SMARTS) is 1. The fourth-order valence-electron chi connectivity index (χ4n) is 4.18. The molecule has 4 atom stereocenters. The number of Topliss-reactive ketones (excluding diaryl/α,β-unsaturated/α-hetero) is 1. The van der Waals surface area contributed by atoms with Crippen molar-refractivity contribution in [3.8, 4) is 0 Å². The van der Waals surface area contributed by atoms with Crippen molar-refractivity contribution in [2.75, 3.05) is 0 Å². The van der Waals surface area contributed by atoms with Gasteiger partial charge in [0, 0.05) is 24.7 Å². The molecule has 0 aromatic carbocycles. The lowest BCUT2D eigenvalue weighted by Crippen LogP contribution is -2.43. The van der Waals surface area contributed by atoms with Gasteiger partial charge in [0.05, 0.1) is 12.2 Å². The highest BCUT2D eigenvalue weighted by Crippen LogP contribution is 2.39. The maximum atomic E-state index is 12.5. The number of aliphatic carboxylic acids is 1. The highest BCUT2D eigenvalue weighted by atomic mass is 28.4. The standard InChI is InChI=1S/C26H48O5Si/c1-7-8-11-14-20(31-32(5,6)26(2,3)4)17-18-22-21(23(27)19-24(22)28)15-12-9-10-13-16-25(29)30/h17-18,20-22,24,28H,7-16,19H2,1-6H3,(H,29,30)/b18-17+/t20-,21+,22+,24+/m0/s1. The molecule has 0 amide bonds. The second-order valence-electron chi connectivity index (χ2n) is 11.1. The van der Waals surface area contributed by atoms with Crippen LogP contribution in [0.25, 0.3) is 0 Å². The smallest absolute Gasteiger partial charge is 0.303 e. The lowest BCUT2D eigenvalue weighted by atomic mass is 9.88. The zero-order valence-electron chi connectivity index (χ0n) is 21.4. The van der Waals surface area contributed by atoms with E-state index in [4.69, 9.17) is 9.53 Å². The molecule has 0 heterocycles. The molecule has 186 valence electrons. The van der Waals surface area contributed by atoms with Crippen molar-refractivity contribution < 1.29 is 24.2 Å². The molecule has 0 aliphatic heterocycles. The maximum Gasteiger partial charge on any atom is 0.303 e. The summed E-state index contributed by atoms with van der Waals surface area (Å²) < 4.78 is 6.69. The Morgan fingerprint density at radius 3 is 2.41 bits per heavy atom. The quantitative estimate of drug-likeness (QED) is 0.163. The van der Waals surface area contributed by atoms with Crippen molar-refractivity contribution in [1.82, 2.24) is 0 Å². The zero-order chi connectivity index (χ0) is 24.4. The molecule has 0 bridgehead atoms. The van der Waals surface area contributed by atoms with Crippen molar-refractivity contribution in [2.24, 2.45) is 11.8 Å². The van der Waals surface area contributed by atoms with Gasteiger partial charge >= 0.3 is 5.97 Å². The van der Waals surface area contributed by atoms with Gasteiger partial charge in [0.2, 0.25) is 0 Å². The van der Waals surface area contributed by atoms with Crippen molar-refractivity contribution in [3.63, 3.8) is 0 Å². The van der Waals surface area contributed by atoms with Crippen LogP contribution in [-0.2, 0) is 14.0 Å². The summed E-state index contributed by atoms with van der Waals surface area (Å²) >= 11 is 0. The van der Waals surface area contributed by atoms with E-state index in [0.29, 0.717) is 6.42 Å². The highest BCUT2D eigenvalue weighted by Gasteiger charge is 2.41. The van der Waals surface area contributed by atoms with E-state index in [1.165, 1.54) is 12.8 Å². The van der Waals surface area contributed by atoms with E-state index < -0.39 is 20.4 Å². The van der Waals surface area contributed by atoms with Crippen LogP contribution in [0.3, 0.4) is 0 Å². The Morgan fingerprint density at radius 1 is 1.16 bits per heavy atom. The molecule has 0 aromatic rings. The first kappa shape index (κ1) is 29.0. The van der Waals surface area contributed by atoms with Crippen LogP contribution < -0.4 is 0 Å². The summed E-state index contributed by atoms with van der Waals surface area (Å²) in [4.78, 5) is 23.2. The summed E-state index contributed by atoms with van der Waals surface area (Å²) in [5.41, 5.74) is 0. The number of carbonyl (C=O) groups is 2. The molecule has 32 heavy (non-hydrogen) atoms. The van der Waals surface area contributed by atoms with Gasteiger partial charge in [-0.15, -0.1) is 0 Å². The minimum Gasteiger partial charge on any atom is -0.481 e. The molecule has 0 saturated heterocycles. The number of hydrogen-bond donors (Lipinski definition) is 2. The average molecular weight is 469 g/mol. The van der Waals surface area contributed by atoms with Crippen LogP contribution in [0.1, 0.15) is 98.3 Å². The first-order chi connectivity index (χ1) is 14.9. The van der Waals surface area contributed by atoms with Crippen LogP contribution in [0, 0.1) is 11.8 Å². The van der Waals surface area contributed by atoms with Crippen molar-refractivity contribution in [3.05, 3.63) is 12.2 Å². The first-order valence-corrected chi connectivity index (χ1v) is 15.6. The Kier molecular flexibility index (Phi) is 12.4. The van der Waals surface area contributed by atoms with Crippen LogP contribution >= 0.6 is 0 Å². The minimum absolute atomic E-state index is 0.0296. The number of ketones is 1. The Morgan fingerprint density at radius 2 is 1.81 bits per heavy atom. The van der Waals surface area contributed by atoms with Gasteiger partial charge in [-0.1, -0.05) is 78.4 Å². The number of hydrogen-bond acceptors (Lipinski definition) is 4. The Hall–Kier alpha value is -0.983. The van der Waals surface area contributed by atoms with Crippen LogP contribution in [0.5, 0.6) is 0 Å². The molecule has 1 rings (SSSR count). The molecule has 1 fully saturated rings. The third kappa shape index (κ3) is 9.88. The average Bonchev–Trinajstić information content (AvgIpc) is 2.94. The lowest BCUT2D eigenvalue weighted by Gasteiger charge is -2.39. The van der Waals surface area contributed by atoms with E-state index in [2.05, 4.69) is 52.9 Å². The Bertz CT molecular complexity index is 608. The monoisotopic (exact) mass is 468 g/mol. The van der Waals surface area contributed by atoms with E-state index in [9.17, 15) is 14.7 Å². The number of carboxylic acids is 1. The summed E-state index contributed by atoms with van der Waals surface area (Å²) in [5, 5.41) is 19.4. The fraction of sp³-hybridized carbons (Fsp3) is 0.846. The van der Waals surface area contributed by atoms with E-state index >= 15 is 0 Å². The molecular formula is C26H48O5Si. The predicted octanol–water partition coefficient (Wildman–Crippen LogP) is 6.50. The summed E-state index contributed by atoms with van der Waals surface area (Å²) in [7, 11) is -1.92. The second-order valence-corrected chi connectivity index (χ2v) is 15.8. The van der Waals surface area contributed by atoms with Crippen LogP contribution in [-0.4, -0.2) is 42.5 Å². The third-order valence-corrected chi connectivity index (χ3v) is 11.8. The maximum absolute atomic E-state index is 12.5. The summed E-state index contributed by atoms with van der Waals surface area (Å²) in [6.45, 7) is 13.5. The fourth-order valence-corrected chi connectivity index (χ4v) is 5.49. The molecule has 2 N–H and O–H groups in total. The van der Waals surface area contributed by atoms with Gasteiger partial charge < -0.3 is 14.6 Å². The van der Waals surface area contributed by atoms with Crippen LogP contribution in [0.15, 0.2) is 12.2 Å². The van der Waals surface area contributed by atoms with Gasteiger partial charge in [-0.05, 0) is 37.4 Å². The summed E-state index contributed by atoms with van der Waals surface area (Å²) in [6.07, 6.45) is 12.6. The van der Waals surface area contributed by atoms with Gasteiger partial charge in [0.1, 0.15) is 5.78 Å². The topological polar surface area (TPSA) is 83.8 Å². The molecular weight excluding hydrogens is 420 g/mol. The van der Waals surface area contributed by atoms with Gasteiger partial charge in [-0.2, -0.15) is 0 Å². The molecule has 1 aliphatic carbocycles. The van der Waals surface area contributed by atoms with Crippen molar-refractivity contribution in [1.29, 1.82) is 0 Å². The number of rotatable bonds is 15. The summed E-state index contributed by atoms with van der Waals surface area (Å²) in [6, 6.07) is 0. The van der Waals surface area contributed by atoms with E-state index in [1.54, 1.807) is 0 Å². The minimum atomic E-state index is -1.92. The van der Waals surface area contributed by atoms with Gasteiger partial charge in [-0.3, -0.25) is 9.59 Å². The SMILES string of the molecule is CCCCC[C@@H](/C=C/[C@H]1[C@H](O)CC(=O)[C@@H]1CCCCCCC(=O)O)O[Si](C)(C)C(C)(C)C. The number of aliphatic hydroxyl groups excluding tert-OH is 1. The van der Waals surface area contributed by atoms with Crippen molar-refractivity contribution >= 4 is 20.1 Å². The summed E-state index contributed by atoms with van der Waals surface area (Å²) in [5.74, 6) is -0.869. The molecule has 0 spiro atoms. The van der Waals surface area contributed by atoms with Crippen molar-refractivity contribution in [2.45, 2.75) is 129 Å². The van der Waals surface area contributed by atoms with Gasteiger partial charge in [-0.25, -0.2) is 0 Å². The molecule has 0 aromatic heterocycles. The largest absolute Gasteiger partial charge is 0.481 e. The molecule has 1 saturated carbocycles. The van der Waals surface area contributed by atoms with Crippen LogP contribution in [0.4, 0.5) is 0 Å². The molecule has 6 heteroatoms. The molecule has 1 aliphatic rings. The number of carbonyl (C=O) groups excluding carboxylic acids is 1. The van der Waals surface area contributed by atoms with Gasteiger partial charge in [0.15, 0.2) is 8.32 Å². The van der Waals surface area contributed by atoms with E-state index in [-0.39, 0.29) is 41.6 Å². The number of unbranched alkanes of at least 4 members (excludes halogenated alkanes) is 5. The van der Waals surface area contributed by atoms with Gasteiger partial charge in [0.25, 0.3) is 0 Å². The van der Waals surface area contributed by atoms with E-state index in [0.717, 1.165) is 38.5 Å². The molecule has 0 unspecified atom stereocenters. The lowest BCUT2D eigenvalue weighted by molar-refractivity contribution is -0.137. The Labute approximate surface area is 197 Å². The van der Waals surface area contributed by atoms with Crippen LogP contribution in [0.2, 0.25) is 18.1 Å². The number of aliphatic hydroxyl groups is 1. The predicted molar refractivity (Wildman–Crippen MR) is 133 cm³/mol. The Balaban J connectivity index is 2.76. The second kappa shape index (κ2) is 13.7. The third-order valence-electron chi connectivity index (χ3n) is 7.28.